The molecule has 2 aromatic rings. The number of hydrogen-bond donors (Lipinski definition) is 1. The van der Waals surface area contributed by atoms with Crippen LogP contribution in [0.2, 0.25) is 0 Å². The van der Waals surface area contributed by atoms with Gasteiger partial charge in [-0.3, -0.25) is 5.32 Å². The monoisotopic (exact) mass is 263 g/mol. The van der Waals surface area contributed by atoms with E-state index in [9.17, 15) is 0 Å². The van der Waals surface area contributed by atoms with Gasteiger partial charge in [0.2, 0.25) is 0 Å². The molecule has 0 aromatic heterocycles. The van der Waals surface area contributed by atoms with E-state index in [1.807, 2.05) is 0 Å². The third-order valence-corrected chi connectivity index (χ3v) is 4.14. The van der Waals surface area contributed by atoms with Crippen LogP contribution in [-0.2, 0) is 0 Å². The zero-order valence-electron chi connectivity index (χ0n) is 12.1. The molecule has 0 amide bonds. The zero-order valence-corrected chi connectivity index (χ0v) is 12.1. The van der Waals surface area contributed by atoms with Crippen molar-refractivity contribution in [2.75, 3.05) is 0 Å². The second kappa shape index (κ2) is 5.64. The molecule has 1 heterocycles. The summed E-state index contributed by atoms with van der Waals surface area (Å²) in [5, 5.41) is 3.82. The quantitative estimate of drug-likeness (QED) is 0.777. The van der Waals surface area contributed by atoms with Gasteiger partial charge in [0.1, 0.15) is 0 Å². The average Bonchev–Trinajstić information content (AvgIpc) is 2.49. The van der Waals surface area contributed by atoms with Gasteiger partial charge in [-0.1, -0.05) is 79.2 Å². The Bertz CT molecular complexity index is 586. The molecule has 0 radical (unpaired) electrons. The first-order valence-corrected chi connectivity index (χ1v) is 7.30. The summed E-state index contributed by atoms with van der Waals surface area (Å²) in [5.41, 5.74) is 4.12. The standard InChI is InChI=1S/C19H21N/c1-14-13-15(2)19(17-11-7-4-8-12-17)20-18(14)16-9-5-3-6-10-16/h3-14,18-20H,1-2H3. The zero-order chi connectivity index (χ0) is 13.9. The minimum atomic E-state index is 0.317. The van der Waals surface area contributed by atoms with Gasteiger partial charge in [0.15, 0.2) is 0 Å². The van der Waals surface area contributed by atoms with Gasteiger partial charge in [-0.25, -0.2) is 0 Å². The normalized spacial score (nSPS) is 26.1. The van der Waals surface area contributed by atoms with E-state index in [0.717, 1.165) is 0 Å². The Morgan fingerprint density at radius 1 is 0.800 bits per heavy atom. The predicted molar refractivity (Wildman–Crippen MR) is 84.4 cm³/mol. The molecule has 3 unspecified atom stereocenters. The van der Waals surface area contributed by atoms with E-state index in [4.69, 9.17) is 0 Å². The fourth-order valence-electron chi connectivity index (χ4n) is 3.13. The predicted octanol–water partition coefficient (Wildman–Crippen LogP) is 4.65. The van der Waals surface area contributed by atoms with Crippen LogP contribution in [-0.4, -0.2) is 0 Å². The highest BCUT2D eigenvalue weighted by Gasteiger charge is 2.27. The van der Waals surface area contributed by atoms with Crippen molar-refractivity contribution in [3.63, 3.8) is 0 Å². The number of nitrogens with one attached hydrogen (secondary N) is 1. The Morgan fingerprint density at radius 2 is 1.35 bits per heavy atom. The highest BCUT2D eigenvalue weighted by atomic mass is 15.0. The van der Waals surface area contributed by atoms with Crippen LogP contribution < -0.4 is 5.32 Å². The van der Waals surface area contributed by atoms with E-state index in [0.29, 0.717) is 18.0 Å². The van der Waals surface area contributed by atoms with E-state index in [1.165, 1.54) is 16.7 Å². The van der Waals surface area contributed by atoms with Crippen LogP contribution in [0.25, 0.3) is 0 Å². The maximum atomic E-state index is 3.82. The minimum Gasteiger partial charge on any atom is -0.299 e. The second-order valence-electron chi connectivity index (χ2n) is 5.67. The van der Waals surface area contributed by atoms with Crippen molar-refractivity contribution in [3.8, 4) is 0 Å². The van der Waals surface area contributed by atoms with Crippen molar-refractivity contribution in [2.24, 2.45) is 5.92 Å². The third-order valence-electron chi connectivity index (χ3n) is 4.14. The van der Waals surface area contributed by atoms with Crippen molar-refractivity contribution >= 4 is 0 Å². The molecule has 0 bridgehead atoms. The lowest BCUT2D eigenvalue weighted by Gasteiger charge is -2.35. The Morgan fingerprint density at radius 3 is 1.95 bits per heavy atom. The van der Waals surface area contributed by atoms with Crippen LogP contribution >= 0.6 is 0 Å². The van der Waals surface area contributed by atoms with E-state index in [-0.39, 0.29) is 0 Å². The van der Waals surface area contributed by atoms with Crippen LogP contribution in [0.5, 0.6) is 0 Å². The molecule has 0 spiro atoms. The summed E-state index contributed by atoms with van der Waals surface area (Å²) in [6.07, 6.45) is 2.41. The van der Waals surface area contributed by atoms with Crippen LogP contribution in [0, 0.1) is 5.92 Å². The average molecular weight is 263 g/mol. The number of rotatable bonds is 2. The fraction of sp³-hybridized carbons (Fsp3) is 0.263. The maximum Gasteiger partial charge on any atom is 0.0538 e. The van der Waals surface area contributed by atoms with Gasteiger partial charge < -0.3 is 0 Å². The van der Waals surface area contributed by atoms with E-state index in [1.54, 1.807) is 0 Å². The van der Waals surface area contributed by atoms with Gasteiger partial charge in [-0.05, 0) is 24.0 Å². The molecule has 1 aliphatic heterocycles. The Kier molecular flexibility index (Phi) is 3.70. The van der Waals surface area contributed by atoms with Crippen molar-refractivity contribution in [1.82, 2.24) is 5.32 Å². The molecule has 1 heteroatoms. The lowest BCUT2D eigenvalue weighted by atomic mass is 9.84. The van der Waals surface area contributed by atoms with Crippen molar-refractivity contribution in [3.05, 3.63) is 83.4 Å². The van der Waals surface area contributed by atoms with E-state index >= 15 is 0 Å². The lowest BCUT2D eigenvalue weighted by molar-refractivity contribution is 0.381. The molecule has 1 aliphatic rings. The smallest absolute Gasteiger partial charge is 0.0538 e. The Labute approximate surface area is 121 Å². The first-order valence-electron chi connectivity index (χ1n) is 7.30. The Balaban J connectivity index is 1.93. The molecular weight excluding hydrogens is 242 g/mol. The first kappa shape index (κ1) is 13.1. The molecule has 0 aliphatic carbocycles. The summed E-state index contributed by atoms with van der Waals surface area (Å²) in [5.74, 6) is 0.511. The number of hydrogen-bond acceptors (Lipinski definition) is 1. The van der Waals surface area contributed by atoms with Crippen molar-refractivity contribution < 1.29 is 0 Å². The van der Waals surface area contributed by atoms with E-state index < -0.39 is 0 Å². The largest absolute Gasteiger partial charge is 0.299 e. The lowest BCUT2D eigenvalue weighted by Crippen LogP contribution is -2.34. The van der Waals surface area contributed by atoms with Gasteiger partial charge in [0, 0.05) is 6.04 Å². The summed E-state index contributed by atoms with van der Waals surface area (Å²) in [7, 11) is 0. The summed E-state index contributed by atoms with van der Waals surface area (Å²) in [6.45, 7) is 4.51. The molecular formula is C19H21N. The Hall–Kier alpha value is -1.86. The minimum absolute atomic E-state index is 0.317. The van der Waals surface area contributed by atoms with Crippen LogP contribution in [0.1, 0.15) is 37.1 Å². The second-order valence-corrected chi connectivity index (χ2v) is 5.67. The van der Waals surface area contributed by atoms with Gasteiger partial charge in [-0.15, -0.1) is 0 Å². The van der Waals surface area contributed by atoms with Crippen LogP contribution in [0.3, 0.4) is 0 Å². The molecule has 1 N–H and O–H groups in total. The van der Waals surface area contributed by atoms with Crippen LogP contribution in [0.4, 0.5) is 0 Å². The topological polar surface area (TPSA) is 12.0 Å². The summed E-state index contributed by atoms with van der Waals surface area (Å²) in [4.78, 5) is 0. The first-order chi connectivity index (χ1) is 9.75. The molecule has 3 atom stereocenters. The summed E-state index contributed by atoms with van der Waals surface area (Å²) < 4.78 is 0. The van der Waals surface area contributed by atoms with Crippen LogP contribution in [0.15, 0.2) is 72.3 Å². The molecule has 102 valence electrons. The molecule has 20 heavy (non-hydrogen) atoms. The molecule has 0 fully saturated rings. The van der Waals surface area contributed by atoms with Gasteiger partial charge in [-0.2, -0.15) is 0 Å². The van der Waals surface area contributed by atoms with Crippen molar-refractivity contribution in [1.29, 1.82) is 0 Å². The van der Waals surface area contributed by atoms with Gasteiger partial charge >= 0.3 is 0 Å². The third kappa shape index (κ3) is 2.54. The summed E-state index contributed by atoms with van der Waals surface area (Å²) >= 11 is 0. The summed E-state index contributed by atoms with van der Waals surface area (Å²) in [6, 6.07) is 22.1. The SMILES string of the molecule is CC1=CC(C)C(c2ccccc2)NC1c1ccccc1. The number of benzene rings is 2. The fourth-order valence-corrected chi connectivity index (χ4v) is 3.13. The van der Waals surface area contributed by atoms with E-state index in [2.05, 4.69) is 85.9 Å². The van der Waals surface area contributed by atoms with Crippen molar-refractivity contribution in [2.45, 2.75) is 25.9 Å². The molecule has 2 aromatic carbocycles. The molecule has 0 saturated heterocycles. The molecule has 1 nitrogen and oxygen atoms in total. The highest BCUT2D eigenvalue weighted by Crippen LogP contribution is 2.35. The van der Waals surface area contributed by atoms with Gasteiger partial charge in [0.25, 0.3) is 0 Å². The molecule has 0 saturated carbocycles. The highest BCUT2D eigenvalue weighted by molar-refractivity contribution is 5.32. The molecule has 3 rings (SSSR count). The maximum absolute atomic E-state index is 3.82. The van der Waals surface area contributed by atoms with Gasteiger partial charge in [0.05, 0.1) is 6.04 Å².